The fourth-order valence-electron chi connectivity index (χ4n) is 0.526. The van der Waals surface area contributed by atoms with Gasteiger partial charge in [-0.2, -0.15) is 0 Å². The lowest BCUT2D eigenvalue weighted by atomic mass is 10.3. The first-order chi connectivity index (χ1) is 4.61. The molecule has 4 heteroatoms. The van der Waals surface area contributed by atoms with Crippen molar-refractivity contribution in [3.05, 3.63) is 23.0 Å². The van der Waals surface area contributed by atoms with Crippen molar-refractivity contribution in [3.63, 3.8) is 0 Å². The van der Waals surface area contributed by atoms with Crippen molar-refractivity contribution in [2.45, 2.75) is 0 Å². The van der Waals surface area contributed by atoms with Crippen molar-refractivity contribution in [2.24, 2.45) is 0 Å². The molecule has 0 spiro atoms. The molecule has 0 aliphatic rings. The molecule has 0 atom stereocenters. The Bertz CT molecular complexity index is 212. The summed E-state index contributed by atoms with van der Waals surface area (Å²) in [5.74, 6) is -1.69. The maximum Gasteiger partial charge on any atom is 0.160 e. The van der Waals surface area contributed by atoms with Gasteiger partial charge in [0, 0.05) is 12.1 Å². The molecule has 0 amide bonds. The highest BCUT2D eigenvalue weighted by Crippen LogP contribution is 2.29. The minimum Gasteiger partial charge on any atom is -0.504 e. The van der Waals surface area contributed by atoms with Crippen LogP contribution in [0, 0.1) is 5.82 Å². The molecular formula is C6H4ClFO2. The lowest BCUT2D eigenvalue weighted by molar-refractivity contribution is 0.400. The van der Waals surface area contributed by atoms with E-state index in [-0.39, 0.29) is 5.02 Å². The van der Waals surface area contributed by atoms with Crippen LogP contribution in [0.4, 0.5) is 4.39 Å². The van der Waals surface area contributed by atoms with Crippen molar-refractivity contribution >= 4 is 11.6 Å². The lowest BCUT2D eigenvalue weighted by Crippen LogP contribution is -1.75. The number of benzene rings is 1. The summed E-state index contributed by atoms with van der Waals surface area (Å²) >= 11 is 5.24. The van der Waals surface area contributed by atoms with Gasteiger partial charge in [0.2, 0.25) is 0 Å². The van der Waals surface area contributed by atoms with Gasteiger partial charge < -0.3 is 10.2 Å². The van der Waals surface area contributed by atoms with Gasteiger partial charge in [-0.3, -0.25) is 0 Å². The summed E-state index contributed by atoms with van der Waals surface area (Å²) in [5.41, 5.74) is 0. The summed E-state index contributed by atoms with van der Waals surface area (Å²) in [6.45, 7) is 0. The normalized spacial score (nSPS) is 9.80. The maximum absolute atomic E-state index is 12.4. The van der Waals surface area contributed by atoms with Gasteiger partial charge in [0.15, 0.2) is 11.5 Å². The van der Waals surface area contributed by atoms with Crippen LogP contribution < -0.4 is 0 Å². The Hall–Kier alpha value is -0.960. The Morgan fingerprint density at radius 1 is 1.20 bits per heavy atom. The van der Waals surface area contributed by atoms with Crippen LogP contribution in [0.3, 0.4) is 0 Å². The summed E-state index contributed by atoms with van der Waals surface area (Å²) in [5, 5.41) is 17.2. The summed E-state index contributed by atoms with van der Waals surface area (Å²) in [7, 11) is 0. The minimum absolute atomic E-state index is 0.213. The zero-order valence-corrected chi connectivity index (χ0v) is 5.56. The molecule has 2 nitrogen and oxygen atoms in total. The number of hydrogen-bond donors (Lipinski definition) is 2. The van der Waals surface area contributed by atoms with E-state index in [1.807, 2.05) is 0 Å². The van der Waals surface area contributed by atoms with Crippen molar-refractivity contribution < 1.29 is 14.6 Å². The standard InChI is InChI=1S/C6H4ClFO2/c7-3-1-5(9)6(10)2-4(3)8/h1-2,9-10H. The highest BCUT2D eigenvalue weighted by Gasteiger charge is 2.04. The predicted molar refractivity (Wildman–Crippen MR) is 34.7 cm³/mol. The van der Waals surface area contributed by atoms with Crippen LogP contribution in [0.15, 0.2) is 12.1 Å². The van der Waals surface area contributed by atoms with Crippen molar-refractivity contribution in [2.75, 3.05) is 0 Å². The van der Waals surface area contributed by atoms with Crippen LogP contribution in [0.5, 0.6) is 11.5 Å². The second kappa shape index (κ2) is 2.34. The van der Waals surface area contributed by atoms with Gasteiger partial charge in [0.05, 0.1) is 5.02 Å². The molecule has 54 valence electrons. The number of aromatic hydroxyl groups is 2. The summed E-state index contributed by atoms with van der Waals surface area (Å²) < 4.78 is 12.4. The molecule has 0 aromatic heterocycles. The maximum atomic E-state index is 12.4. The van der Waals surface area contributed by atoms with Gasteiger partial charge in [-0.25, -0.2) is 4.39 Å². The number of phenols is 2. The Morgan fingerprint density at radius 3 is 2.20 bits per heavy atom. The fraction of sp³-hybridized carbons (Fsp3) is 0. The van der Waals surface area contributed by atoms with Gasteiger partial charge in [0.25, 0.3) is 0 Å². The summed E-state index contributed by atoms with van der Waals surface area (Å²) in [6, 6.07) is 1.68. The topological polar surface area (TPSA) is 40.5 Å². The highest BCUT2D eigenvalue weighted by molar-refractivity contribution is 6.30. The second-order valence-electron chi connectivity index (χ2n) is 1.76. The summed E-state index contributed by atoms with van der Waals surface area (Å²) in [4.78, 5) is 0. The molecule has 0 fully saturated rings. The Kier molecular flexibility index (Phi) is 1.68. The van der Waals surface area contributed by atoms with Crippen molar-refractivity contribution in [1.29, 1.82) is 0 Å². The first-order valence-corrected chi connectivity index (χ1v) is 2.86. The molecule has 0 heterocycles. The molecule has 0 bridgehead atoms. The van der Waals surface area contributed by atoms with Gasteiger partial charge >= 0.3 is 0 Å². The second-order valence-corrected chi connectivity index (χ2v) is 2.16. The monoisotopic (exact) mass is 162 g/mol. The van der Waals surface area contributed by atoms with Gasteiger partial charge in [-0.15, -0.1) is 0 Å². The number of rotatable bonds is 0. The molecule has 0 aliphatic heterocycles. The largest absolute Gasteiger partial charge is 0.504 e. The highest BCUT2D eigenvalue weighted by atomic mass is 35.5. The van der Waals surface area contributed by atoms with E-state index in [1.165, 1.54) is 0 Å². The Morgan fingerprint density at radius 2 is 1.70 bits per heavy atom. The van der Waals surface area contributed by atoms with Crippen LogP contribution in [0.1, 0.15) is 0 Å². The molecule has 10 heavy (non-hydrogen) atoms. The first-order valence-electron chi connectivity index (χ1n) is 2.48. The molecule has 0 saturated carbocycles. The number of halogens is 2. The van der Waals surface area contributed by atoms with Crippen LogP contribution in [-0.4, -0.2) is 10.2 Å². The molecule has 0 unspecified atom stereocenters. The third-order valence-corrected chi connectivity index (χ3v) is 1.31. The van der Waals surface area contributed by atoms with E-state index in [9.17, 15) is 4.39 Å². The molecule has 1 aromatic rings. The lowest BCUT2D eigenvalue weighted by Gasteiger charge is -1.97. The Labute approximate surface area is 61.5 Å². The third kappa shape index (κ3) is 1.14. The van der Waals surface area contributed by atoms with Crippen LogP contribution in [-0.2, 0) is 0 Å². The minimum atomic E-state index is -0.753. The van der Waals surface area contributed by atoms with E-state index in [4.69, 9.17) is 21.8 Å². The van der Waals surface area contributed by atoms with E-state index in [1.54, 1.807) is 0 Å². The number of hydrogen-bond acceptors (Lipinski definition) is 2. The van der Waals surface area contributed by atoms with E-state index in [0.29, 0.717) is 0 Å². The van der Waals surface area contributed by atoms with Crippen molar-refractivity contribution in [3.8, 4) is 11.5 Å². The van der Waals surface area contributed by atoms with Crippen LogP contribution in [0.2, 0.25) is 5.02 Å². The Balaban J connectivity index is 3.28. The molecule has 2 N–H and O–H groups in total. The smallest absolute Gasteiger partial charge is 0.160 e. The molecule has 0 aliphatic carbocycles. The average Bonchev–Trinajstić information content (AvgIpc) is 1.84. The van der Waals surface area contributed by atoms with E-state index in [2.05, 4.69) is 0 Å². The summed E-state index contributed by atoms with van der Waals surface area (Å²) in [6.07, 6.45) is 0. The molecular weight excluding hydrogens is 159 g/mol. The van der Waals surface area contributed by atoms with E-state index >= 15 is 0 Å². The van der Waals surface area contributed by atoms with E-state index in [0.717, 1.165) is 12.1 Å². The van der Waals surface area contributed by atoms with Crippen LogP contribution >= 0.6 is 11.6 Å². The zero-order valence-electron chi connectivity index (χ0n) is 4.81. The SMILES string of the molecule is Oc1cc(F)c(Cl)cc1O. The van der Waals surface area contributed by atoms with Crippen LogP contribution in [0.25, 0.3) is 0 Å². The molecule has 0 radical (unpaired) electrons. The van der Waals surface area contributed by atoms with E-state index < -0.39 is 17.3 Å². The predicted octanol–water partition coefficient (Wildman–Crippen LogP) is 1.89. The fourth-order valence-corrected chi connectivity index (χ4v) is 0.684. The first kappa shape index (κ1) is 7.15. The quantitative estimate of drug-likeness (QED) is 0.572. The average molecular weight is 163 g/mol. The zero-order chi connectivity index (χ0) is 7.72. The third-order valence-electron chi connectivity index (χ3n) is 1.02. The molecule has 1 aromatic carbocycles. The number of phenolic OH excluding ortho intramolecular Hbond substituents is 2. The van der Waals surface area contributed by atoms with Gasteiger partial charge in [-0.1, -0.05) is 11.6 Å². The molecule has 1 rings (SSSR count). The molecule has 0 saturated heterocycles. The van der Waals surface area contributed by atoms with Crippen molar-refractivity contribution in [1.82, 2.24) is 0 Å². The van der Waals surface area contributed by atoms with Gasteiger partial charge in [-0.05, 0) is 0 Å². The van der Waals surface area contributed by atoms with Gasteiger partial charge in [0.1, 0.15) is 5.82 Å².